The SMILES string of the molecule is CC(NC1CCC(C)C(C)C1)c1csc(Cl)c1. The summed E-state index contributed by atoms with van der Waals surface area (Å²) < 4.78 is 0.888. The highest BCUT2D eigenvalue weighted by Gasteiger charge is 2.25. The van der Waals surface area contributed by atoms with Crippen LogP contribution in [0.1, 0.15) is 51.6 Å². The summed E-state index contributed by atoms with van der Waals surface area (Å²) in [5.74, 6) is 1.73. The molecule has 1 fully saturated rings. The van der Waals surface area contributed by atoms with Crippen molar-refractivity contribution in [2.75, 3.05) is 0 Å². The van der Waals surface area contributed by atoms with Gasteiger partial charge in [0.15, 0.2) is 0 Å². The van der Waals surface area contributed by atoms with Crippen molar-refractivity contribution in [2.45, 2.75) is 52.1 Å². The standard InChI is InChI=1S/C14H22ClNS/c1-9-4-5-13(6-10(9)2)16-11(3)12-7-14(15)17-8-12/h7-11,13,16H,4-6H2,1-3H3. The molecule has 0 saturated heterocycles. The van der Waals surface area contributed by atoms with Crippen molar-refractivity contribution in [2.24, 2.45) is 11.8 Å². The van der Waals surface area contributed by atoms with Crippen LogP contribution in [0, 0.1) is 11.8 Å². The molecule has 0 aliphatic heterocycles. The Bertz CT molecular complexity index is 363. The van der Waals surface area contributed by atoms with E-state index in [-0.39, 0.29) is 0 Å². The molecule has 17 heavy (non-hydrogen) atoms. The van der Waals surface area contributed by atoms with Gasteiger partial charge in [-0.3, -0.25) is 0 Å². The first-order chi connectivity index (χ1) is 8.06. The van der Waals surface area contributed by atoms with Crippen molar-refractivity contribution in [3.8, 4) is 0 Å². The second-order valence-corrected chi connectivity index (χ2v) is 7.08. The molecule has 1 saturated carbocycles. The topological polar surface area (TPSA) is 12.0 Å². The van der Waals surface area contributed by atoms with Crippen molar-refractivity contribution in [3.63, 3.8) is 0 Å². The Labute approximate surface area is 114 Å². The highest BCUT2D eigenvalue weighted by molar-refractivity contribution is 7.14. The van der Waals surface area contributed by atoms with E-state index in [1.807, 2.05) is 0 Å². The van der Waals surface area contributed by atoms with E-state index in [2.05, 4.69) is 37.5 Å². The van der Waals surface area contributed by atoms with Crippen molar-refractivity contribution in [1.82, 2.24) is 5.32 Å². The normalized spacial score (nSPS) is 31.4. The van der Waals surface area contributed by atoms with Gasteiger partial charge in [-0.2, -0.15) is 0 Å². The second-order valence-electron chi connectivity index (χ2n) is 5.54. The Morgan fingerprint density at radius 2 is 2.12 bits per heavy atom. The number of rotatable bonds is 3. The fraction of sp³-hybridized carbons (Fsp3) is 0.714. The third kappa shape index (κ3) is 3.46. The molecule has 4 atom stereocenters. The molecule has 0 aromatic carbocycles. The Morgan fingerprint density at radius 3 is 2.71 bits per heavy atom. The Balaban J connectivity index is 1.89. The third-order valence-electron chi connectivity index (χ3n) is 4.17. The molecule has 0 spiro atoms. The first kappa shape index (κ1) is 13.4. The summed E-state index contributed by atoms with van der Waals surface area (Å²) in [6.07, 6.45) is 3.98. The predicted molar refractivity (Wildman–Crippen MR) is 76.8 cm³/mol. The van der Waals surface area contributed by atoms with Gasteiger partial charge in [-0.05, 0) is 55.0 Å². The van der Waals surface area contributed by atoms with Gasteiger partial charge < -0.3 is 5.32 Å². The van der Waals surface area contributed by atoms with Crippen LogP contribution in [-0.2, 0) is 0 Å². The van der Waals surface area contributed by atoms with E-state index in [1.165, 1.54) is 24.8 Å². The van der Waals surface area contributed by atoms with Crippen molar-refractivity contribution in [1.29, 1.82) is 0 Å². The predicted octanol–water partition coefficient (Wildman–Crippen LogP) is 4.88. The summed E-state index contributed by atoms with van der Waals surface area (Å²) in [5.41, 5.74) is 1.33. The lowest BCUT2D eigenvalue weighted by atomic mass is 9.79. The van der Waals surface area contributed by atoms with Gasteiger partial charge in [0.2, 0.25) is 0 Å². The monoisotopic (exact) mass is 271 g/mol. The van der Waals surface area contributed by atoms with Crippen LogP contribution in [0.15, 0.2) is 11.4 Å². The molecular weight excluding hydrogens is 250 g/mol. The minimum atomic E-state index is 0.421. The molecular formula is C14H22ClNS. The van der Waals surface area contributed by atoms with Crippen molar-refractivity contribution in [3.05, 3.63) is 21.3 Å². The van der Waals surface area contributed by atoms with Gasteiger partial charge in [0, 0.05) is 12.1 Å². The van der Waals surface area contributed by atoms with E-state index < -0.39 is 0 Å². The molecule has 1 nitrogen and oxygen atoms in total. The molecule has 1 aromatic rings. The van der Waals surface area contributed by atoms with Crippen molar-refractivity contribution >= 4 is 22.9 Å². The molecule has 2 rings (SSSR count). The molecule has 0 amide bonds. The number of hydrogen-bond donors (Lipinski definition) is 1. The smallest absolute Gasteiger partial charge is 0.0931 e. The average molecular weight is 272 g/mol. The molecule has 1 aliphatic rings. The van der Waals surface area contributed by atoms with Gasteiger partial charge >= 0.3 is 0 Å². The zero-order valence-corrected chi connectivity index (χ0v) is 12.4. The van der Waals surface area contributed by atoms with E-state index in [9.17, 15) is 0 Å². The van der Waals surface area contributed by atoms with Gasteiger partial charge in [0.25, 0.3) is 0 Å². The zero-order chi connectivity index (χ0) is 12.4. The highest BCUT2D eigenvalue weighted by Crippen LogP contribution is 2.31. The number of halogens is 1. The van der Waals surface area contributed by atoms with E-state index in [4.69, 9.17) is 11.6 Å². The molecule has 3 heteroatoms. The molecule has 0 bridgehead atoms. The van der Waals surface area contributed by atoms with Crippen LogP contribution in [0.5, 0.6) is 0 Å². The number of thiophene rings is 1. The van der Waals surface area contributed by atoms with Gasteiger partial charge in [-0.25, -0.2) is 0 Å². The summed E-state index contributed by atoms with van der Waals surface area (Å²) in [5, 5.41) is 5.91. The van der Waals surface area contributed by atoms with Gasteiger partial charge in [0.1, 0.15) is 0 Å². The lowest BCUT2D eigenvalue weighted by molar-refractivity contribution is 0.217. The minimum absolute atomic E-state index is 0.421. The fourth-order valence-corrected chi connectivity index (χ4v) is 3.68. The molecule has 1 aromatic heterocycles. The van der Waals surface area contributed by atoms with E-state index >= 15 is 0 Å². The molecule has 1 heterocycles. The Kier molecular flexibility index (Phi) is 4.51. The first-order valence-electron chi connectivity index (χ1n) is 6.56. The van der Waals surface area contributed by atoms with Gasteiger partial charge in [0.05, 0.1) is 4.34 Å². The van der Waals surface area contributed by atoms with Crippen LogP contribution in [0.25, 0.3) is 0 Å². The maximum atomic E-state index is 5.98. The van der Waals surface area contributed by atoms with E-state index in [0.29, 0.717) is 12.1 Å². The van der Waals surface area contributed by atoms with Crippen LogP contribution < -0.4 is 5.32 Å². The minimum Gasteiger partial charge on any atom is -0.307 e. The molecule has 4 unspecified atom stereocenters. The maximum Gasteiger partial charge on any atom is 0.0931 e. The van der Waals surface area contributed by atoms with Crippen LogP contribution in [0.4, 0.5) is 0 Å². The number of hydrogen-bond acceptors (Lipinski definition) is 2. The highest BCUT2D eigenvalue weighted by atomic mass is 35.5. The lowest BCUT2D eigenvalue weighted by Crippen LogP contribution is -2.37. The third-order valence-corrected chi connectivity index (χ3v) is 5.28. The Hall–Kier alpha value is -0.0500. The molecule has 1 N–H and O–H groups in total. The largest absolute Gasteiger partial charge is 0.307 e. The van der Waals surface area contributed by atoms with Gasteiger partial charge in [-0.15, -0.1) is 11.3 Å². The molecule has 96 valence electrons. The van der Waals surface area contributed by atoms with Gasteiger partial charge in [-0.1, -0.05) is 25.4 Å². The number of nitrogens with one attached hydrogen (secondary N) is 1. The lowest BCUT2D eigenvalue weighted by Gasteiger charge is -2.34. The first-order valence-corrected chi connectivity index (χ1v) is 7.82. The maximum absolute atomic E-state index is 5.98. The molecule has 1 aliphatic carbocycles. The van der Waals surface area contributed by atoms with Crippen LogP contribution in [-0.4, -0.2) is 6.04 Å². The zero-order valence-electron chi connectivity index (χ0n) is 10.9. The van der Waals surface area contributed by atoms with Crippen LogP contribution in [0.2, 0.25) is 4.34 Å². The van der Waals surface area contributed by atoms with E-state index in [0.717, 1.165) is 16.2 Å². The Morgan fingerprint density at radius 1 is 1.35 bits per heavy atom. The van der Waals surface area contributed by atoms with Crippen molar-refractivity contribution < 1.29 is 0 Å². The summed E-state index contributed by atoms with van der Waals surface area (Å²) >= 11 is 7.60. The van der Waals surface area contributed by atoms with E-state index in [1.54, 1.807) is 11.3 Å². The summed E-state index contributed by atoms with van der Waals surface area (Å²) in [6, 6.07) is 3.18. The molecule has 0 radical (unpaired) electrons. The second kappa shape index (κ2) is 5.73. The summed E-state index contributed by atoms with van der Waals surface area (Å²) in [6.45, 7) is 6.99. The van der Waals surface area contributed by atoms with Crippen LogP contribution in [0.3, 0.4) is 0 Å². The average Bonchev–Trinajstić information content (AvgIpc) is 2.70. The summed E-state index contributed by atoms with van der Waals surface area (Å²) in [7, 11) is 0. The summed E-state index contributed by atoms with van der Waals surface area (Å²) in [4.78, 5) is 0. The van der Waals surface area contributed by atoms with Crippen LogP contribution >= 0.6 is 22.9 Å². The quantitative estimate of drug-likeness (QED) is 0.826. The fourth-order valence-electron chi connectivity index (χ4n) is 2.70.